The number of piperidine rings is 1. The lowest BCUT2D eigenvalue weighted by Crippen LogP contribution is -2.55. The minimum Gasteiger partial charge on any atom is -0.483 e. The predicted molar refractivity (Wildman–Crippen MR) is 149 cm³/mol. The van der Waals surface area contributed by atoms with E-state index in [-0.39, 0.29) is 18.2 Å². The van der Waals surface area contributed by atoms with Gasteiger partial charge in [-0.3, -0.25) is 4.90 Å². The number of nitrogens with zero attached hydrogens (tertiary/aromatic N) is 8. The molecule has 0 aliphatic carbocycles. The van der Waals surface area contributed by atoms with Crippen LogP contribution in [0, 0.1) is 11.3 Å². The normalized spacial score (nSPS) is 20.5. The maximum absolute atomic E-state index is 12.7. The van der Waals surface area contributed by atoms with Gasteiger partial charge < -0.3 is 20.5 Å². The van der Waals surface area contributed by atoms with Gasteiger partial charge in [-0.25, -0.2) is 9.78 Å². The molecule has 40 heavy (non-hydrogen) atoms. The Morgan fingerprint density at radius 2 is 2.10 bits per heavy atom. The standard InChI is InChI=1S/C27H36N10O3/c1-26(2)13-19(11-20-7-6-10-36(20)26)30-23-17(14-28)15-29-24(32-23)31-18-8-9-22(40-27(3,4)16-38)21(12-18)37-25(39)35(5)33-34-37/h8-9,12,15,19-20,38H,6-7,10-11,13,16H2,1-5H3,(H2,29,30,31,32). The van der Waals surface area contributed by atoms with E-state index >= 15 is 0 Å². The number of fused-ring (bicyclic) bond motifs is 1. The van der Waals surface area contributed by atoms with E-state index in [1.807, 2.05) is 0 Å². The van der Waals surface area contributed by atoms with E-state index in [1.165, 1.54) is 26.1 Å². The minimum absolute atomic E-state index is 0.0707. The van der Waals surface area contributed by atoms with Crippen LogP contribution in [-0.4, -0.2) is 76.1 Å². The van der Waals surface area contributed by atoms with Crippen molar-refractivity contribution in [2.75, 3.05) is 23.8 Å². The van der Waals surface area contributed by atoms with Crippen LogP contribution >= 0.6 is 0 Å². The second-order valence-electron chi connectivity index (χ2n) is 11.8. The highest BCUT2D eigenvalue weighted by atomic mass is 16.5. The van der Waals surface area contributed by atoms with Crippen LogP contribution < -0.4 is 21.1 Å². The zero-order valence-corrected chi connectivity index (χ0v) is 23.5. The zero-order valence-electron chi connectivity index (χ0n) is 23.5. The first-order chi connectivity index (χ1) is 19.0. The van der Waals surface area contributed by atoms with Gasteiger partial charge in [-0.05, 0) is 88.5 Å². The zero-order chi connectivity index (χ0) is 28.7. The Morgan fingerprint density at radius 3 is 2.80 bits per heavy atom. The number of anilines is 3. The molecular formula is C27H36N10O3. The summed E-state index contributed by atoms with van der Waals surface area (Å²) < 4.78 is 8.23. The Labute approximate surface area is 232 Å². The van der Waals surface area contributed by atoms with Gasteiger partial charge in [0.15, 0.2) is 0 Å². The first-order valence-electron chi connectivity index (χ1n) is 13.5. The molecule has 5 rings (SSSR count). The molecule has 2 fully saturated rings. The molecule has 0 amide bonds. The van der Waals surface area contributed by atoms with Gasteiger partial charge in [0.2, 0.25) is 5.95 Å². The van der Waals surface area contributed by atoms with Gasteiger partial charge >= 0.3 is 5.69 Å². The fourth-order valence-electron chi connectivity index (χ4n) is 5.72. The maximum atomic E-state index is 12.7. The first-order valence-corrected chi connectivity index (χ1v) is 13.5. The number of aliphatic hydroxyl groups excluding tert-OH is 1. The highest BCUT2D eigenvalue weighted by Gasteiger charge is 2.43. The smallest absolute Gasteiger partial charge is 0.368 e. The number of nitriles is 1. The second kappa shape index (κ2) is 10.5. The number of ether oxygens (including phenoxy) is 1. The molecule has 1 aromatic carbocycles. The minimum atomic E-state index is -0.893. The second-order valence-corrected chi connectivity index (χ2v) is 11.8. The summed E-state index contributed by atoms with van der Waals surface area (Å²) in [4.78, 5) is 24.3. The van der Waals surface area contributed by atoms with Crippen LogP contribution in [0.1, 0.15) is 58.9 Å². The van der Waals surface area contributed by atoms with Crippen molar-refractivity contribution in [1.82, 2.24) is 34.7 Å². The third kappa shape index (κ3) is 5.50. The van der Waals surface area contributed by atoms with Crippen molar-refractivity contribution < 1.29 is 9.84 Å². The van der Waals surface area contributed by atoms with Crippen molar-refractivity contribution >= 4 is 17.5 Å². The average Bonchev–Trinajstić information content (AvgIpc) is 3.52. The Hall–Kier alpha value is -4.02. The monoisotopic (exact) mass is 548 g/mol. The van der Waals surface area contributed by atoms with Crippen LogP contribution in [0.3, 0.4) is 0 Å². The summed E-state index contributed by atoms with van der Waals surface area (Å²) in [5, 5.41) is 33.9. The summed E-state index contributed by atoms with van der Waals surface area (Å²) in [5.41, 5.74) is -0.00315. The van der Waals surface area contributed by atoms with E-state index in [2.05, 4.69) is 55.8 Å². The van der Waals surface area contributed by atoms with Crippen LogP contribution in [0.15, 0.2) is 29.2 Å². The predicted octanol–water partition coefficient (Wildman–Crippen LogP) is 2.34. The number of nitrogens with one attached hydrogen (secondary N) is 2. The van der Waals surface area contributed by atoms with Crippen LogP contribution in [0.2, 0.25) is 0 Å². The molecule has 0 saturated carbocycles. The molecule has 0 spiro atoms. The summed E-state index contributed by atoms with van der Waals surface area (Å²) in [5.74, 6) is 1.12. The maximum Gasteiger partial charge on any atom is 0.368 e. The summed E-state index contributed by atoms with van der Waals surface area (Å²) >= 11 is 0. The largest absolute Gasteiger partial charge is 0.483 e. The Balaban J connectivity index is 1.42. The molecule has 2 aliphatic rings. The quantitative estimate of drug-likeness (QED) is 0.379. The molecule has 13 nitrogen and oxygen atoms in total. The summed E-state index contributed by atoms with van der Waals surface area (Å²) in [6.45, 7) is 8.95. The molecule has 0 bridgehead atoms. The molecule has 3 aromatic rings. The lowest BCUT2D eigenvalue weighted by Gasteiger charge is -2.47. The summed E-state index contributed by atoms with van der Waals surface area (Å²) in [6, 6.07) is 8.02. The topological polar surface area (TPSA) is 159 Å². The van der Waals surface area contributed by atoms with Gasteiger partial charge in [-0.15, -0.1) is 0 Å². The van der Waals surface area contributed by atoms with Crippen molar-refractivity contribution in [2.45, 2.75) is 76.6 Å². The van der Waals surface area contributed by atoms with Gasteiger partial charge in [-0.2, -0.15) is 19.6 Å². The number of benzene rings is 1. The fourth-order valence-corrected chi connectivity index (χ4v) is 5.72. The number of rotatable bonds is 8. The SMILES string of the molecule is Cn1nnn(-c2cc(Nc3ncc(C#N)c(NC4CC5CCCN5C(C)(C)C4)n3)ccc2OC(C)(C)CO)c1=O. The molecule has 2 unspecified atom stereocenters. The molecule has 13 heteroatoms. The summed E-state index contributed by atoms with van der Waals surface area (Å²) in [6.07, 6.45) is 5.86. The van der Waals surface area contributed by atoms with Crippen LogP contribution in [0.5, 0.6) is 5.75 Å². The Bertz CT molecular complexity index is 1490. The Morgan fingerprint density at radius 1 is 1.30 bits per heavy atom. The van der Waals surface area contributed by atoms with Crippen LogP contribution in [0.25, 0.3) is 5.69 Å². The van der Waals surface area contributed by atoms with Gasteiger partial charge in [0.25, 0.3) is 0 Å². The van der Waals surface area contributed by atoms with E-state index in [9.17, 15) is 15.2 Å². The average molecular weight is 549 g/mol. The van der Waals surface area contributed by atoms with Gasteiger partial charge in [-0.1, -0.05) is 0 Å². The van der Waals surface area contributed by atoms with Crippen LogP contribution in [0.4, 0.5) is 17.5 Å². The molecular weight excluding hydrogens is 512 g/mol. The highest BCUT2D eigenvalue weighted by molar-refractivity contribution is 5.64. The third-order valence-corrected chi connectivity index (χ3v) is 7.64. The molecule has 2 aliphatic heterocycles. The van der Waals surface area contributed by atoms with Crippen molar-refractivity contribution in [2.24, 2.45) is 7.05 Å². The van der Waals surface area contributed by atoms with E-state index in [1.54, 1.807) is 32.0 Å². The number of tetrazole rings is 1. The van der Waals surface area contributed by atoms with E-state index < -0.39 is 11.3 Å². The highest BCUT2D eigenvalue weighted by Crippen LogP contribution is 2.38. The number of hydrogen-bond acceptors (Lipinski definition) is 11. The molecule has 0 radical (unpaired) electrons. The van der Waals surface area contributed by atoms with Gasteiger partial charge in [0.05, 0.1) is 12.8 Å². The molecule has 2 atom stereocenters. The third-order valence-electron chi connectivity index (χ3n) is 7.64. The van der Waals surface area contributed by atoms with Crippen molar-refractivity contribution in [3.05, 3.63) is 40.4 Å². The lowest BCUT2D eigenvalue weighted by molar-refractivity contribution is 0.0411. The van der Waals surface area contributed by atoms with E-state index in [0.29, 0.717) is 40.5 Å². The summed E-state index contributed by atoms with van der Waals surface area (Å²) in [7, 11) is 1.50. The Kier molecular flexibility index (Phi) is 7.24. The molecule has 2 saturated heterocycles. The first kappa shape index (κ1) is 27.5. The lowest BCUT2D eigenvalue weighted by atomic mass is 9.84. The van der Waals surface area contributed by atoms with Gasteiger partial charge in [0.1, 0.15) is 34.5 Å². The van der Waals surface area contributed by atoms with Crippen molar-refractivity contribution in [1.29, 1.82) is 5.26 Å². The molecule has 3 N–H and O–H groups in total. The van der Waals surface area contributed by atoms with Crippen LogP contribution in [-0.2, 0) is 7.05 Å². The van der Waals surface area contributed by atoms with Crippen molar-refractivity contribution in [3.63, 3.8) is 0 Å². The fraction of sp³-hybridized carbons (Fsp3) is 0.556. The number of hydrogen-bond donors (Lipinski definition) is 3. The van der Waals surface area contributed by atoms with E-state index in [0.717, 1.165) is 28.8 Å². The van der Waals surface area contributed by atoms with Crippen molar-refractivity contribution in [3.8, 4) is 17.5 Å². The number of aromatic nitrogens is 6. The number of aliphatic hydroxyl groups is 1. The molecule has 212 valence electrons. The van der Waals surface area contributed by atoms with E-state index in [4.69, 9.17) is 4.74 Å². The molecule has 4 heterocycles. The number of aryl methyl sites for hydroxylation is 1. The molecule has 2 aromatic heterocycles. The van der Waals surface area contributed by atoms with Gasteiger partial charge in [0, 0.05) is 30.4 Å².